The first kappa shape index (κ1) is 11.5. The summed E-state index contributed by atoms with van der Waals surface area (Å²) in [4.78, 5) is 0. The third kappa shape index (κ3) is 2.09. The molecule has 16 heavy (non-hydrogen) atoms. The lowest BCUT2D eigenvalue weighted by Gasteiger charge is -2.08. The van der Waals surface area contributed by atoms with E-state index >= 15 is 0 Å². The van der Waals surface area contributed by atoms with Gasteiger partial charge in [-0.25, -0.2) is 0 Å². The molecule has 0 atom stereocenters. The van der Waals surface area contributed by atoms with Crippen molar-refractivity contribution in [2.45, 2.75) is 13.8 Å². The Balaban J connectivity index is 2.59. The summed E-state index contributed by atoms with van der Waals surface area (Å²) in [7, 11) is 0. The average Bonchev–Trinajstić information content (AvgIpc) is 2.26. The average molecular weight is 251 g/mol. The van der Waals surface area contributed by atoms with Gasteiger partial charge in [-0.3, -0.25) is 0 Å². The second-order valence-corrected chi connectivity index (χ2v) is 4.69. The van der Waals surface area contributed by atoms with Crippen LogP contribution in [0.15, 0.2) is 36.4 Å². The fourth-order valence-electron chi connectivity index (χ4n) is 1.68. The van der Waals surface area contributed by atoms with Gasteiger partial charge >= 0.3 is 0 Å². The minimum absolute atomic E-state index is 0.785. The van der Waals surface area contributed by atoms with Crippen LogP contribution in [0.5, 0.6) is 0 Å². The van der Waals surface area contributed by atoms with E-state index in [2.05, 4.69) is 6.07 Å². The van der Waals surface area contributed by atoms with Gasteiger partial charge in [0.15, 0.2) is 0 Å². The molecule has 2 heteroatoms. The second kappa shape index (κ2) is 4.48. The molecule has 0 nitrogen and oxygen atoms in total. The van der Waals surface area contributed by atoms with Gasteiger partial charge in [0.2, 0.25) is 0 Å². The molecule has 2 rings (SSSR count). The summed E-state index contributed by atoms with van der Waals surface area (Å²) in [6.45, 7) is 4.00. The SMILES string of the molecule is Cc1cc(-c2cccc(C)c2Cl)ccc1Cl. The normalized spacial score (nSPS) is 10.5. The first-order valence-corrected chi connectivity index (χ1v) is 5.87. The largest absolute Gasteiger partial charge is 0.0841 e. The summed E-state index contributed by atoms with van der Waals surface area (Å²) >= 11 is 12.3. The molecule has 0 unspecified atom stereocenters. The highest BCUT2D eigenvalue weighted by atomic mass is 35.5. The van der Waals surface area contributed by atoms with Crippen molar-refractivity contribution < 1.29 is 0 Å². The Morgan fingerprint density at radius 2 is 1.62 bits per heavy atom. The van der Waals surface area contributed by atoms with Crippen LogP contribution in [0.1, 0.15) is 11.1 Å². The highest BCUT2D eigenvalue weighted by molar-refractivity contribution is 6.34. The molecule has 0 spiro atoms. The number of hydrogen-bond acceptors (Lipinski definition) is 0. The van der Waals surface area contributed by atoms with E-state index < -0.39 is 0 Å². The van der Waals surface area contributed by atoms with Gasteiger partial charge in [0.25, 0.3) is 0 Å². The lowest BCUT2D eigenvalue weighted by Crippen LogP contribution is -1.84. The molecule has 0 aliphatic heterocycles. The molecule has 82 valence electrons. The molecule has 2 aromatic rings. The molecular weight excluding hydrogens is 239 g/mol. The van der Waals surface area contributed by atoms with E-state index in [0.717, 1.165) is 32.3 Å². The molecule has 0 bridgehead atoms. The smallest absolute Gasteiger partial charge is 0.0513 e. The maximum absolute atomic E-state index is 6.29. The van der Waals surface area contributed by atoms with E-state index in [0.29, 0.717) is 0 Å². The molecule has 0 aromatic heterocycles. The lowest BCUT2D eigenvalue weighted by atomic mass is 10.0. The van der Waals surface area contributed by atoms with Gasteiger partial charge in [-0.15, -0.1) is 0 Å². The number of halogens is 2. The second-order valence-electron chi connectivity index (χ2n) is 3.90. The number of benzene rings is 2. The van der Waals surface area contributed by atoms with Crippen LogP contribution in [0.4, 0.5) is 0 Å². The van der Waals surface area contributed by atoms with Crippen molar-refractivity contribution >= 4 is 23.2 Å². The van der Waals surface area contributed by atoms with Gasteiger partial charge < -0.3 is 0 Å². The van der Waals surface area contributed by atoms with Crippen LogP contribution in [0.2, 0.25) is 10.0 Å². The monoisotopic (exact) mass is 250 g/mol. The van der Waals surface area contributed by atoms with E-state index in [9.17, 15) is 0 Å². The molecule has 0 saturated heterocycles. The van der Waals surface area contributed by atoms with Gasteiger partial charge in [-0.1, -0.05) is 47.5 Å². The van der Waals surface area contributed by atoms with Gasteiger partial charge in [0.1, 0.15) is 0 Å². The van der Waals surface area contributed by atoms with E-state index in [1.54, 1.807) is 0 Å². The molecule has 0 saturated carbocycles. The third-order valence-electron chi connectivity index (χ3n) is 2.66. The Morgan fingerprint density at radius 1 is 0.875 bits per heavy atom. The predicted molar refractivity (Wildman–Crippen MR) is 71.4 cm³/mol. The lowest BCUT2D eigenvalue weighted by molar-refractivity contribution is 1.44. The van der Waals surface area contributed by atoms with Crippen molar-refractivity contribution in [2.24, 2.45) is 0 Å². The van der Waals surface area contributed by atoms with Crippen molar-refractivity contribution in [1.29, 1.82) is 0 Å². The van der Waals surface area contributed by atoms with Crippen LogP contribution in [0.25, 0.3) is 11.1 Å². The molecule has 2 aromatic carbocycles. The maximum Gasteiger partial charge on any atom is 0.0513 e. The minimum atomic E-state index is 0.785. The Labute approximate surface area is 106 Å². The maximum atomic E-state index is 6.29. The first-order valence-electron chi connectivity index (χ1n) is 5.11. The van der Waals surface area contributed by atoms with Gasteiger partial charge in [-0.2, -0.15) is 0 Å². The van der Waals surface area contributed by atoms with E-state index in [1.807, 2.05) is 44.2 Å². The Kier molecular flexibility index (Phi) is 3.22. The molecule has 0 heterocycles. The topological polar surface area (TPSA) is 0 Å². The first-order chi connectivity index (χ1) is 7.59. The van der Waals surface area contributed by atoms with Crippen molar-refractivity contribution in [3.05, 3.63) is 57.6 Å². The highest BCUT2D eigenvalue weighted by Gasteiger charge is 2.06. The Bertz CT molecular complexity index is 530. The van der Waals surface area contributed by atoms with Crippen molar-refractivity contribution in [2.75, 3.05) is 0 Å². The number of rotatable bonds is 1. The molecule has 0 radical (unpaired) electrons. The van der Waals surface area contributed by atoms with E-state index in [4.69, 9.17) is 23.2 Å². The quantitative estimate of drug-likeness (QED) is 0.647. The molecule has 0 N–H and O–H groups in total. The molecule has 0 fully saturated rings. The highest BCUT2D eigenvalue weighted by Crippen LogP contribution is 2.32. The zero-order valence-electron chi connectivity index (χ0n) is 9.22. The van der Waals surface area contributed by atoms with Crippen molar-refractivity contribution in [3.8, 4) is 11.1 Å². The standard InChI is InChI=1S/C14H12Cl2/c1-9-4-3-5-12(14(9)16)11-6-7-13(15)10(2)8-11/h3-8H,1-2H3. The van der Waals surface area contributed by atoms with Gasteiger partial charge in [0, 0.05) is 10.6 Å². The molecular formula is C14H12Cl2. The molecule has 0 aliphatic carbocycles. The van der Waals surface area contributed by atoms with Crippen molar-refractivity contribution in [3.63, 3.8) is 0 Å². The summed E-state index contributed by atoms with van der Waals surface area (Å²) < 4.78 is 0. The zero-order valence-corrected chi connectivity index (χ0v) is 10.7. The zero-order chi connectivity index (χ0) is 11.7. The van der Waals surface area contributed by atoms with Crippen LogP contribution in [-0.2, 0) is 0 Å². The Morgan fingerprint density at radius 3 is 2.31 bits per heavy atom. The van der Waals surface area contributed by atoms with Crippen molar-refractivity contribution in [1.82, 2.24) is 0 Å². The Hall–Kier alpha value is -0.980. The van der Waals surface area contributed by atoms with Crippen LogP contribution in [0.3, 0.4) is 0 Å². The summed E-state index contributed by atoms with van der Waals surface area (Å²) in [5.74, 6) is 0. The minimum Gasteiger partial charge on any atom is -0.0841 e. The van der Waals surface area contributed by atoms with Gasteiger partial charge in [-0.05, 0) is 42.7 Å². The molecule has 0 amide bonds. The van der Waals surface area contributed by atoms with Crippen LogP contribution in [0, 0.1) is 13.8 Å². The molecule has 0 aliphatic rings. The van der Waals surface area contributed by atoms with E-state index in [1.165, 1.54) is 0 Å². The number of hydrogen-bond donors (Lipinski definition) is 0. The summed E-state index contributed by atoms with van der Waals surface area (Å²) in [5.41, 5.74) is 4.32. The predicted octanol–water partition coefficient (Wildman–Crippen LogP) is 5.28. The summed E-state index contributed by atoms with van der Waals surface area (Å²) in [5, 5.41) is 1.59. The van der Waals surface area contributed by atoms with E-state index in [-0.39, 0.29) is 0 Å². The van der Waals surface area contributed by atoms with Gasteiger partial charge in [0.05, 0.1) is 5.02 Å². The number of aryl methyl sites for hydroxylation is 2. The van der Waals surface area contributed by atoms with Crippen LogP contribution >= 0.6 is 23.2 Å². The van der Waals surface area contributed by atoms with Crippen LogP contribution in [-0.4, -0.2) is 0 Å². The third-order valence-corrected chi connectivity index (χ3v) is 3.59. The van der Waals surface area contributed by atoms with Crippen LogP contribution < -0.4 is 0 Å². The summed E-state index contributed by atoms with van der Waals surface area (Å²) in [6, 6.07) is 12.0. The summed E-state index contributed by atoms with van der Waals surface area (Å²) in [6.07, 6.45) is 0. The fraction of sp³-hybridized carbons (Fsp3) is 0.143. The fourth-order valence-corrected chi connectivity index (χ4v) is 2.04.